The number of nitriles is 2. The van der Waals surface area contributed by atoms with E-state index in [1.54, 1.807) is 0 Å². The predicted octanol–water partition coefficient (Wildman–Crippen LogP) is 2.29. The topological polar surface area (TPSA) is 50.8 Å². The maximum absolute atomic E-state index is 8.93. The zero-order valence-electron chi connectivity index (χ0n) is 9.76. The molecule has 1 aliphatic rings. The van der Waals surface area contributed by atoms with Crippen molar-refractivity contribution in [2.45, 2.75) is 19.4 Å². The number of hydrogen-bond donors (Lipinski definition) is 0. The molecule has 3 heteroatoms. The van der Waals surface area contributed by atoms with Gasteiger partial charge in [0.15, 0.2) is 0 Å². The highest BCUT2D eigenvalue weighted by Crippen LogP contribution is 2.17. The number of piperidine rings is 1. The zero-order valence-corrected chi connectivity index (χ0v) is 9.76. The summed E-state index contributed by atoms with van der Waals surface area (Å²) in [5, 5.41) is 17.7. The Morgan fingerprint density at radius 1 is 1.24 bits per heavy atom. The van der Waals surface area contributed by atoms with Crippen LogP contribution in [0.15, 0.2) is 24.3 Å². The van der Waals surface area contributed by atoms with E-state index in [9.17, 15) is 0 Å². The van der Waals surface area contributed by atoms with Gasteiger partial charge >= 0.3 is 0 Å². The minimum Gasteiger partial charge on any atom is -0.298 e. The molecule has 2 rings (SSSR count). The Bertz CT molecular complexity index is 450. The van der Waals surface area contributed by atoms with Gasteiger partial charge in [0.2, 0.25) is 0 Å². The standard InChI is InChI=1S/C14H15N3/c15-8-12-3-5-13(6-4-12)10-17-7-1-2-14(9-16)11-17/h3-6,14H,1-2,7,10-11H2. The molecule has 0 amide bonds. The van der Waals surface area contributed by atoms with E-state index in [4.69, 9.17) is 10.5 Å². The summed E-state index contributed by atoms with van der Waals surface area (Å²) in [6, 6.07) is 12.2. The molecular weight excluding hydrogens is 210 g/mol. The summed E-state index contributed by atoms with van der Waals surface area (Å²) in [7, 11) is 0. The van der Waals surface area contributed by atoms with Crippen LogP contribution in [0.25, 0.3) is 0 Å². The molecule has 0 N–H and O–H groups in total. The molecule has 1 atom stereocenters. The smallest absolute Gasteiger partial charge is 0.0991 e. The van der Waals surface area contributed by atoms with Crippen molar-refractivity contribution >= 4 is 0 Å². The van der Waals surface area contributed by atoms with Crippen molar-refractivity contribution in [2.24, 2.45) is 5.92 Å². The van der Waals surface area contributed by atoms with Crippen LogP contribution in [0.1, 0.15) is 24.0 Å². The third-order valence-electron chi connectivity index (χ3n) is 3.18. The average Bonchev–Trinajstić information content (AvgIpc) is 2.40. The Balaban J connectivity index is 1.96. The van der Waals surface area contributed by atoms with E-state index < -0.39 is 0 Å². The molecular formula is C14H15N3. The van der Waals surface area contributed by atoms with Gasteiger partial charge in [-0.3, -0.25) is 4.90 Å². The second-order valence-electron chi connectivity index (χ2n) is 4.51. The van der Waals surface area contributed by atoms with Crippen LogP contribution in [0.2, 0.25) is 0 Å². The molecule has 0 spiro atoms. The Kier molecular flexibility index (Phi) is 3.75. The van der Waals surface area contributed by atoms with Gasteiger partial charge in [0.1, 0.15) is 0 Å². The second-order valence-corrected chi connectivity index (χ2v) is 4.51. The molecule has 1 aliphatic heterocycles. The van der Waals surface area contributed by atoms with E-state index >= 15 is 0 Å². The van der Waals surface area contributed by atoms with Gasteiger partial charge < -0.3 is 0 Å². The zero-order chi connectivity index (χ0) is 12.1. The molecule has 86 valence electrons. The van der Waals surface area contributed by atoms with Crippen LogP contribution in [0, 0.1) is 28.6 Å². The SMILES string of the molecule is N#Cc1ccc(CN2CCCC(C#N)C2)cc1. The van der Waals surface area contributed by atoms with E-state index in [1.807, 2.05) is 24.3 Å². The van der Waals surface area contributed by atoms with Crippen LogP contribution in [0.3, 0.4) is 0 Å². The van der Waals surface area contributed by atoms with Crippen molar-refractivity contribution < 1.29 is 0 Å². The lowest BCUT2D eigenvalue weighted by molar-refractivity contribution is 0.192. The number of likely N-dealkylation sites (tertiary alicyclic amines) is 1. The molecule has 1 saturated heterocycles. The van der Waals surface area contributed by atoms with Crippen LogP contribution in [-0.4, -0.2) is 18.0 Å². The third-order valence-corrected chi connectivity index (χ3v) is 3.18. The van der Waals surface area contributed by atoms with Crippen LogP contribution in [0.5, 0.6) is 0 Å². The average molecular weight is 225 g/mol. The number of nitrogens with zero attached hydrogens (tertiary/aromatic N) is 3. The second kappa shape index (κ2) is 5.48. The maximum atomic E-state index is 8.93. The maximum Gasteiger partial charge on any atom is 0.0991 e. The highest BCUT2D eigenvalue weighted by Gasteiger charge is 2.19. The quantitative estimate of drug-likeness (QED) is 0.776. The Morgan fingerprint density at radius 3 is 2.65 bits per heavy atom. The molecule has 17 heavy (non-hydrogen) atoms. The van der Waals surface area contributed by atoms with Crippen LogP contribution < -0.4 is 0 Å². The lowest BCUT2D eigenvalue weighted by Crippen LogP contribution is -2.34. The Hall–Kier alpha value is -1.84. The molecule has 0 aromatic heterocycles. The van der Waals surface area contributed by atoms with Crippen molar-refractivity contribution in [1.29, 1.82) is 10.5 Å². The number of rotatable bonds is 2. The molecule has 0 aliphatic carbocycles. The lowest BCUT2D eigenvalue weighted by atomic mass is 9.99. The first-order valence-corrected chi connectivity index (χ1v) is 5.93. The van der Waals surface area contributed by atoms with E-state index in [1.165, 1.54) is 5.56 Å². The number of benzene rings is 1. The van der Waals surface area contributed by atoms with E-state index in [-0.39, 0.29) is 5.92 Å². The van der Waals surface area contributed by atoms with E-state index in [0.29, 0.717) is 5.56 Å². The van der Waals surface area contributed by atoms with Gasteiger partial charge in [-0.25, -0.2) is 0 Å². The minimum atomic E-state index is 0.183. The summed E-state index contributed by atoms with van der Waals surface area (Å²) in [6.07, 6.45) is 2.13. The summed E-state index contributed by atoms with van der Waals surface area (Å²) in [5.74, 6) is 0.183. The predicted molar refractivity (Wildman–Crippen MR) is 64.8 cm³/mol. The highest BCUT2D eigenvalue weighted by molar-refractivity contribution is 5.31. The van der Waals surface area contributed by atoms with Crippen LogP contribution in [-0.2, 0) is 6.54 Å². The molecule has 0 radical (unpaired) electrons. The molecule has 0 bridgehead atoms. The highest BCUT2D eigenvalue weighted by atomic mass is 15.1. The summed E-state index contributed by atoms with van der Waals surface area (Å²) in [5.41, 5.74) is 1.91. The Labute approximate surface area is 102 Å². The van der Waals surface area contributed by atoms with Gasteiger partial charge in [-0.2, -0.15) is 10.5 Å². The first-order valence-electron chi connectivity index (χ1n) is 5.93. The van der Waals surface area contributed by atoms with Crippen LogP contribution >= 0.6 is 0 Å². The largest absolute Gasteiger partial charge is 0.298 e. The summed E-state index contributed by atoms with van der Waals surface area (Å²) in [6.45, 7) is 2.82. The van der Waals surface area contributed by atoms with Crippen molar-refractivity contribution in [3.63, 3.8) is 0 Å². The van der Waals surface area contributed by atoms with Gasteiger partial charge in [0, 0.05) is 13.1 Å². The minimum absolute atomic E-state index is 0.183. The monoisotopic (exact) mass is 225 g/mol. The fourth-order valence-electron chi connectivity index (χ4n) is 2.25. The molecule has 1 heterocycles. The van der Waals surface area contributed by atoms with Gasteiger partial charge in [0.25, 0.3) is 0 Å². The van der Waals surface area contributed by atoms with Crippen molar-refractivity contribution in [1.82, 2.24) is 4.90 Å². The van der Waals surface area contributed by atoms with Crippen molar-refractivity contribution in [3.8, 4) is 12.1 Å². The fourth-order valence-corrected chi connectivity index (χ4v) is 2.25. The normalized spacial score (nSPS) is 20.5. The molecule has 1 fully saturated rings. The van der Waals surface area contributed by atoms with Gasteiger partial charge in [-0.15, -0.1) is 0 Å². The van der Waals surface area contributed by atoms with E-state index in [2.05, 4.69) is 17.0 Å². The fraction of sp³-hybridized carbons (Fsp3) is 0.429. The van der Waals surface area contributed by atoms with Crippen molar-refractivity contribution in [2.75, 3.05) is 13.1 Å². The molecule has 1 aromatic carbocycles. The van der Waals surface area contributed by atoms with Gasteiger partial charge in [-0.05, 0) is 37.1 Å². The molecule has 1 aromatic rings. The summed E-state index contributed by atoms with van der Waals surface area (Å²) in [4.78, 5) is 2.32. The molecule has 0 saturated carbocycles. The Morgan fingerprint density at radius 2 is 2.00 bits per heavy atom. The summed E-state index contributed by atoms with van der Waals surface area (Å²) < 4.78 is 0. The first-order chi connectivity index (χ1) is 8.31. The van der Waals surface area contributed by atoms with Crippen LogP contribution in [0.4, 0.5) is 0 Å². The molecule has 1 unspecified atom stereocenters. The van der Waals surface area contributed by atoms with Gasteiger partial charge in [0.05, 0.1) is 23.6 Å². The molecule has 3 nitrogen and oxygen atoms in total. The number of hydrogen-bond acceptors (Lipinski definition) is 3. The van der Waals surface area contributed by atoms with Crippen molar-refractivity contribution in [3.05, 3.63) is 35.4 Å². The lowest BCUT2D eigenvalue weighted by Gasteiger charge is -2.29. The summed E-state index contributed by atoms with van der Waals surface area (Å²) >= 11 is 0. The third kappa shape index (κ3) is 3.06. The van der Waals surface area contributed by atoms with E-state index in [0.717, 1.165) is 32.5 Å². The first kappa shape index (κ1) is 11.6. The van der Waals surface area contributed by atoms with Gasteiger partial charge in [-0.1, -0.05) is 12.1 Å².